The highest BCUT2D eigenvalue weighted by Gasteiger charge is 2.27. The van der Waals surface area contributed by atoms with Crippen LogP contribution in [-0.2, 0) is 0 Å². The molecular formula is C21H30N2O. The van der Waals surface area contributed by atoms with E-state index in [0.29, 0.717) is 6.54 Å². The van der Waals surface area contributed by atoms with Gasteiger partial charge in [0.2, 0.25) is 0 Å². The predicted molar refractivity (Wildman–Crippen MR) is 102 cm³/mol. The average Bonchev–Trinajstić information content (AvgIpc) is 2.54. The van der Waals surface area contributed by atoms with E-state index in [-0.39, 0.29) is 11.6 Å². The number of rotatable bonds is 6. The molecule has 1 unspecified atom stereocenters. The quantitative estimate of drug-likeness (QED) is 0.820. The van der Waals surface area contributed by atoms with E-state index in [2.05, 4.69) is 57.7 Å². The van der Waals surface area contributed by atoms with Gasteiger partial charge >= 0.3 is 0 Å². The van der Waals surface area contributed by atoms with Crippen molar-refractivity contribution in [3.05, 3.63) is 59.7 Å². The fraction of sp³-hybridized carbons (Fsp3) is 0.429. The monoisotopic (exact) mass is 326 g/mol. The topological polar surface area (TPSA) is 38.5 Å². The minimum Gasteiger partial charge on any atom is -0.457 e. The molecule has 0 radical (unpaired) electrons. The first kappa shape index (κ1) is 18.5. The first-order valence-electron chi connectivity index (χ1n) is 8.67. The van der Waals surface area contributed by atoms with E-state index in [4.69, 9.17) is 10.5 Å². The van der Waals surface area contributed by atoms with Gasteiger partial charge in [0.1, 0.15) is 11.5 Å². The highest BCUT2D eigenvalue weighted by molar-refractivity contribution is 5.38. The van der Waals surface area contributed by atoms with Gasteiger partial charge in [-0.2, -0.15) is 0 Å². The lowest BCUT2D eigenvalue weighted by Crippen LogP contribution is -2.46. The number of likely N-dealkylation sites (N-methyl/N-ethyl adjacent to an activating group) is 1. The molecule has 0 spiro atoms. The second-order valence-corrected chi connectivity index (χ2v) is 7.14. The summed E-state index contributed by atoms with van der Waals surface area (Å²) in [6.07, 6.45) is 0. The van der Waals surface area contributed by atoms with Gasteiger partial charge in [-0.15, -0.1) is 0 Å². The van der Waals surface area contributed by atoms with E-state index in [1.54, 1.807) is 0 Å². The summed E-state index contributed by atoms with van der Waals surface area (Å²) < 4.78 is 5.99. The zero-order valence-electron chi connectivity index (χ0n) is 15.5. The Morgan fingerprint density at radius 3 is 2.17 bits per heavy atom. The summed E-state index contributed by atoms with van der Waals surface area (Å²) in [6, 6.07) is 16.6. The number of hydrogen-bond acceptors (Lipinski definition) is 3. The van der Waals surface area contributed by atoms with E-state index in [1.165, 1.54) is 5.56 Å². The molecule has 130 valence electrons. The number of benzene rings is 2. The van der Waals surface area contributed by atoms with Crippen LogP contribution in [0.5, 0.6) is 11.5 Å². The third-order valence-electron chi connectivity index (χ3n) is 4.39. The molecule has 0 saturated heterocycles. The van der Waals surface area contributed by atoms with Gasteiger partial charge in [0, 0.05) is 18.1 Å². The van der Waals surface area contributed by atoms with Gasteiger partial charge in [-0.25, -0.2) is 0 Å². The molecule has 0 amide bonds. The van der Waals surface area contributed by atoms with E-state index in [9.17, 15) is 0 Å². The molecular weight excluding hydrogens is 296 g/mol. The fourth-order valence-corrected chi connectivity index (χ4v) is 3.16. The van der Waals surface area contributed by atoms with Crippen molar-refractivity contribution in [3.63, 3.8) is 0 Å². The molecule has 0 aromatic heterocycles. The SMILES string of the molecule is CCN(C(CN)c1ccc(Oc2ccccc2C)cc1)C(C)(C)C. The first-order chi connectivity index (χ1) is 11.4. The Bertz CT molecular complexity index is 644. The Morgan fingerprint density at radius 2 is 1.67 bits per heavy atom. The molecule has 0 saturated carbocycles. The van der Waals surface area contributed by atoms with Crippen LogP contribution in [0.4, 0.5) is 0 Å². The molecule has 0 aliphatic carbocycles. The summed E-state index contributed by atoms with van der Waals surface area (Å²) in [4.78, 5) is 2.43. The van der Waals surface area contributed by atoms with Gasteiger partial charge < -0.3 is 10.5 Å². The normalized spacial score (nSPS) is 13.1. The maximum Gasteiger partial charge on any atom is 0.130 e. The molecule has 0 bridgehead atoms. The van der Waals surface area contributed by atoms with Crippen LogP contribution in [0.15, 0.2) is 48.5 Å². The molecule has 0 fully saturated rings. The van der Waals surface area contributed by atoms with Crippen molar-refractivity contribution in [1.29, 1.82) is 0 Å². The molecule has 0 aliphatic heterocycles. The highest BCUT2D eigenvalue weighted by atomic mass is 16.5. The molecule has 24 heavy (non-hydrogen) atoms. The fourth-order valence-electron chi connectivity index (χ4n) is 3.16. The summed E-state index contributed by atoms with van der Waals surface area (Å²) in [7, 11) is 0. The zero-order valence-corrected chi connectivity index (χ0v) is 15.5. The largest absolute Gasteiger partial charge is 0.457 e. The molecule has 2 aromatic carbocycles. The van der Waals surface area contributed by atoms with Gasteiger partial charge in [0.05, 0.1) is 0 Å². The molecule has 0 heterocycles. The van der Waals surface area contributed by atoms with E-state index in [0.717, 1.165) is 23.6 Å². The zero-order chi connectivity index (χ0) is 17.7. The lowest BCUT2D eigenvalue weighted by atomic mass is 9.98. The van der Waals surface area contributed by atoms with Crippen LogP contribution in [0.3, 0.4) is 0 Å². The van der Waals surface area contributed by atoms with E-state index in [1.807, 2.05) is 30.3 Å². The van der Waals surface area contributed by atoms with Crippen molar-refractivity contribution in [2.45, 2.75) is 46.2 Å². The van der Waals surface area contributed by atoms with Crippen molar-refractivity contribution in [2.24, 2.45) is 5.73 Å². The Kier molecular flexibility index (Phi) is 6.03. The van der Waals surface area contributed by atoms with E-state index >= 15 is 0 Å². The van der Waals surface area contributed by atoms with Crippen LogP contribution < -0.4 is 10.5 Å². The van der Waals surface area contributed by atoms with Crippen molar-refractivity contribution in [1.82, 2.24) is 4.90 Å². The van der Waals surface area contributed by atoms with Crippen LogP contribution in [-0.4, -0.2) is 23.5 Å². The number of nitrogens with two attached hydrogens (primary N) is 1. The molecule has 3 heteroatoms. The van der Waals surface area contributed by atoms with Crippen LogP contribution in [0, 0.1) is 6.92 Å². The highest BCUT2D eigenvalue weighted by Crippen LogP contribution is 2.30. The summed E-state index contributed by atoms with van der Waals surface area (Å²) in [5.41, 5.74) is 8.52. The molecule has 2 rings (SSSR count). The van der Waals surface area contributed by atoms with Crippen LogP contribution in [0.2, 0.25) is 0 Å². The predicted octanol–water partition coefficient (Wildman–Crippen LogP) is 4.91. The Morgan fingerprint density at radius 1 is 1.04 bits per heavy atom. The van der Waals surface area contributed by atoms with Crippen LogP contribution >= 0.6 is 0 Å². The number of aryl methyl sites for hydroxylation is 1. The Hall–Kier alpha value is -1.84. The lowest BCUT2D eigenvalue weighted by Gasteiger charge is -2.41. The molecule has 1 atom stereocenters. The van der Waals surface area contributed by atoms with Crippen LogP contribution in [0.25, 0.3) is 0 Å². The Balaban J connectivity index is 2.20. The molecule has 3 nitrogen and oxygen atoms in total. The van der Waals surface area contributed by atoms with Crippen LogP contribution in [0.1, 0.15) is 44.9 Å². The summed E-state index contributed by atoms with van der Waals surface area (Å²) in [6.45, 7) is 12.5. The van der Waals surface area contributed by atoms with Gasteiger partial charge in [-0.1, -0.05) is 37.3 Å². The molecule has 2 aromatic rings. The second-order valence-electron chi connectivity index (χ2n) is 7.14. The minimum absolute atomic E-state index is 0.0785. The van der Waals surface area contributed by atoms with Gasteiger partial charge in [-0.05, 0) is 63.6 Å². The minimum atomic E-state index is 0.0785. The smallest absolute Gasteiger partial charge is 0.130 e. The number of ether oxygens (including phenoxy) is 1. The maximum atomic E-state index is 6.09. The Labute approximate surface area is 146 Å². The molecule has 2 N–H and O–H groups in total. The van der Waals surface area contributed by atoms with Crippen molar-refractivity contribution in [2.75, 3.05) is 13.1 Å². The van der Waals surface area contributed by atoms with Gasteiger partial charge in [0.15, 0.2) is 0 Å². The summed E-state index contributed by atoms with van der Waals surface area (Å²) in [5, 5.41) is 0. The standard InChI is InChI=1S/C21H30N2O/c1-6-23(21(3,4)5)19(15-22)17-11-13-18(14-12-17)24-20-10-8-7-9-16(20)2/h7-14,19H,6,15,22H2,1-5H3. The van der Waals surface area contributed by atoms with E-state index < -0.39 is 0 Å². The maximum absolute atomic E-state index is 6.09. The van der Waals surface area contributed by atoms with Gasteiger partial charge in [0.25, 0.3) is 0 Å². The van der Waals surface area contributed by atoms with Crippen molar-refractivity contribution in [3.8, 4) is 11.5 Å². The van der Waals surface area contributed by atoms with Crippen molar-refractivity contribution >= 4 is 0 Å². The number of hydrogen-bond donors (Lipinski definition) is 1. The number of nitrogens with zero attached hydrogens (tertiary/aromatic N) is 1. The second kappa shape index (κ2) is 7.82. The molecule has 0 aliphatic rings. The third-order valence-corrected chi connectivity index (χ3v) is 4.39. The average molecular weight is 326 g/mol. The first-order valence-corrected chi connectivity index (χ1v) is 8.67. The summed E-state index contributed by atoms with van der Waals surface area (Å²) >= 11 is 0. The number of para-hydroxylation sites is 1. The lowest BCUT2D eigenvalue weighted by molar-refractivity contribution is 0.0919. The van der Waals surface area contributed by atoms with Crippen molar-refractivity contribution < 1.29 is 4.74 Å². The van der Waals surface area contributed by atoms with Gasteiger partial charge in [-0.3, -0.25) is 4.90 Å². The third kappa shape index (κ3) is 4.37. The summed E-state index contributed by atoms with van der Waals surface area (Å²) in [5.74, 6) is 1.74.